The molecule has 1 aliphatic carbocycles. The van der Waals surface area contributed by atoms with E-state index in [-0.39, 0.29) is 23.7 Å². The van der Waals surface area contributed by atoms with Crippen LogP contribution in [0.15, 0.2) is 28.7 Å². The SMILES string of the molecule is CC(C)(C)NC(=O)OC1CCN(CC(c2cccc(Br)c2)C2(O)CCCCC2)CC1. The number of nitrogens with zero attached hydrogens (tertiary/aromatic N) is 1. The van der Waals surface area contributed by atoms with Crippen LogP contribution in [0.3, 0.4) is 0 Å². The van der Waals surface area contributed by atoms with E-state index in [2.05, 4.69) is 44.3 Å². The fourth-order valence-electron chi connectivity index (χ4n) is 4.78. The molecule has 2 fully saturated rings. The summed E-state index contributed by atoms with van der Waals surface area (Å²) < 4.78 is 6.68. The smallest absolute Gasteiger partial charge is 0.407 e. The minimum absolute atomic E-state index is 0.0364. The fourth-order valence-corrected chi connectivity index (χ4v) is 5.19. The molecule has 3 rings (SSSR count). The number of alkyl carbamates (subject to hydrolysis) is 1. The molecule has 1 heterocycles. The number of aliphatic hydroxyl groups is 1. The summed E-state index contributed by atoms with van der Waals surface area (Å²) in [4.78, 5) is 14.5. The average Bonchev–Trinajstić information content (AvgIpc) is 2.66. The summed E-state index contributed by atoms with van der Waals surface area (Å²) in [5.74, 6) is 0.0944. The van der Waals surface area contributed by atoms with Crippen molar-refractivity contribution in [3.8, 4) is 0 Å². The standard InChI is InChI=1S/C24H37BrN2O3/c1-23(2,3)26-22(28)30-20-10-14-27(15-11-20)17-21(18-8-7-9-19(25)16-18)24(29)12-5-4-6-13-24/h7-9,16,20-21,29H,4-6,10-15,17H2,1-3H3,(H,26,28). The molecule has 0 radical (unpaired) electrons. The Kier molecular flexibility index (Phi) is 7.86. The molecule has 1 amide bonds. The molecule has 1 aliphatic heterocycles. The molecule has 1 atom stereocenters. The van der Waals surface area contributed by atoms with Crippen molar-refractivity contribution >= 4 is 22.0 Å². The predicted octanol–water partition coefficient (Wildman–Crippen LogP) is 5.22. The number of piperidine rings is 1. The van der Waals surface area contributed by atoms with E-state index in [0.717, 1.165) is 62.6 Å². The maximum atomic E-state index is 12.1. The van der Waals surface area contributed by atoms with Crippen molar-refractivity contribution in [2.24, 2.45) is 0 Å². The first kappa shape index (κ1) is 23.6. The minimum atomic E-state index is -0.640. The van der Waals surface area contributed by atoms with Crippen LogP contribution in [0.5, 0.6) is 0 Å². The normalized spacial score (nSPS) is 21.8. The van der Waals surface area contributed by atoms with E-state index in [4.69, 9.17) is 4.74 Å². The van der Waals surface area contributed by atoms with Crippen molar-refractivity contribution in [1.82, 2.24) is 10.2 Å². The molecule has 0 bridgehead atoms. The zero-order valence-electron chi connectivity index (χ0n) is 18.6. The van der Waals surface area contributed by atoms with E-state index in [1.165, 1.54) is 12.0 Å². The Bertz CT molecular complexity index is 705. The molecule has 0 spiro atoms. The monoisotopic (exact) mass is 480 g/mol. The molecule has 2 N–H and O–H groups in total. The van der Waals surface area contributed by atoms with Crippen LogP contribution >= 0.6 is 15.9 Å². The third kappa shape index (κ3) is 6.69. The fraction of sp³-hybridized carbons (Fsp3) is 0.708. The van der Waals surface area contributed by atoms with Gasteiger partial charge in [0.2, 0.25) is 0 Å². The number of benzene rings is 1. The lowest BCUT2D eigenvalue weighted by atomic mass is 9.72. The predicted molar refractivity (Wildman–Crippen MR) is 124 cm³/mol. The Morgan fingerprint density at radius 2 is 1.93 bits per heavy atom. The number of hydrogen-bond donors (Lipinski definition) is 2. The molecule has 0 aromatic heterocycles. The van der Waals surface area contributed by atoms with Gasteiger partial charge in [-0.3, -0.25) is 0 Å². The second kappa shape index (κ2) is 10.0. The number of likely N-dealkylation sites (tertiary alicyclic amines) is 1. The van der Waals surface area contributed by atoms with Gasteiger partial charge in [-0.2, -0.15) is 0 Å². The van der Waals surface area contributed by atoms with Crippen molar-refractivity contribution < 1.29 is 14.6 Å². The number of carbonyl (C=O) groups excluding carboxylic acids is 1. The molecular weight excluding hydrogens is 444 g/mol. The maximum absolute atomic E-state index is 12.1. The van der Waals surface area contributed by atoms with Gasteiger partial charge in [-0.05, 0) is 64.2 Å². The van der Waals surface area contributed by atoms with E-state index < -0.39 is 5.60 Å². The summed E-state index contributed by atoms with van der Waals surface area (Å²) in [5, 5.41) is 14.4. The lowest BCUT2D eigenvalue weighted by Gasteiger charge is -2.43. The molecule has 1 aromatic rings. The summed E-state index contributed by atoms with van der Waals surface area (Å²) in [6, 6.07) is 8.40. The van der Waals surface area contributed by atoms with E-state index in [1.54, 1.807) is 0 Å². The van der Waals surface area contributed by atoms with Gasteiger partial charge in [0.05, 0.1) is 5.60 Å². The molecule has 5 nitrogen and oxygen atoms in total. The highest BCUT2D eigenvalue weighted by Gasteiger charge is 2.40. The van der Waals surface area contributed by atoms with Gasteiger partial charge in [-0.25, -0.2) is 4.79 Å². The van der Waals surface area contributed by atoms with Crippen LogP contribution in [0.1, 0.15) is 77.2 Å². The Morgan fingerprint density at radius 1 is 1.27 bits per heavy atom. The number of carbonyl (C=O) groups is 1. The summed E-state index contributed by atoms with van der Waals surface area (Å²) >= 11 is 3.60. The molecule has 1 unspecified atom stereocenters. The van der Waals surface area contributed by atoms with E-state index in [0.29, 0.717) is 0 Å². The van der Waals surface area contributed by atoms with E-state index in [1.807, 2.05) is 26.8 Å². The third-order valence-corrected chi connectivity index (χ3v) is 6.84. The van der Waals surface area contributed by atoms with Crippen LogP contribution in [-0.2, 0) is 4.74 Å². The quantitative estimate of drug-likeness (QED) is 0.606. The Labute approximate surface area is 189 Å². The zero-order valence-corrected chi connectivity index (χ0v) is 20.2. The van der Waals surface area contributed by atoms with Crippen LogP contribution < -0.4 is 5.32 Å². The molecule has 1 aromatic carbocycles. The van der Waals surface area contributed by atoms with E-state index >= 15 is 0 Å². The Morgan fingerprint density at radius 3 is 2.53 bits per heavy atom. The van der Waals surface area contributed by atoms with Crippen molar-refractivity contribution in [1.29, 1.82) is 0 Å². The molecule has 30 heavy (non-hydrogen) atoms. The summed E-state index contributed by atoms with van der Waals surface area (Å²) in [6.07, 6.45) is 6.46. The van der Waals surface area contributed by atoms with Gasteiger partial charge in [0.15, 0.2) is 0 Å². The first-order valence-corrected chi connectivity index (χ1v) is 12.1. The highest BCUT2D eigenvalue weighted by atomic mass is 79.9. The zero-order chi connectivity index (χ0) is 21.8. The van der Waals surface area contributed by atoms with Gasteiger partial charge in [-0.1, -0.05) is 47.3 Å². The second-order valence-corrected chi connectivity index (χ2v) is 11.0. The van der Waals surface area contributed by atoms with Crippen molar-refractivity contribution in [2.45, 2.75) is 88.9 Å². The van der Waals surface area contributed by atoms with Gasteiger partial charge in [-0.15, -0.1) is 0 Å². The Balaban J connectivity index is 1.61. The first-order chi connectivity index (χ1) is 14.1. The highest BCUT2D eigenvalue weighted by molar-refractivity contribution is 9.10. The van der Waals surface area contributed by atoms with Crippen LogP contribution in [0.25, 0.3) is 0 Å². The number of hydrogen-bond acceptors (Lipinski definition) is 4. The number of rotatable bonds is 5. The number of nitrogens with one attached hydrogen (secondary N) is 1. The van der Waals surface area contributed by atoms with Crippen molar-refractivity contribution in [2.75, 3.05) is 19.6 Å². The molecule has 6 heteroatoms. The largest absolute Gasteiger partial charge is 0.446 e. The van der Waals surface area contributed by atoms with Crippen LogP contribution in [0.2, 0.25) is 0 Å². The third-order valence-electron chi connectivity index (χ3n) is 6.35. The Hall–Kier alpha value is -1.11. The summed E-state index contributed by atoms with van der Waals surface area (Å²) in [5.41, 5.74) is 0.278. The molecule has 2 aliphatic rings. The highest BCUT2D eigenvalue weighted by Crippen LogP contribution is 2.41. The van der Waals surface area contributed by atoms with Crippen molar-refractivity contribution in [3.63, 3.8) is 0 Å². The average molecular weight is 481 g/mol. The number of halogens is 1. The van der Waals surface area contributed by atoms with Gasteiger partial charge in [0.1, 0.15) is 6.10 Å². The lowest BCUT2D eigenvalue weighted by Crippen LogP contribution is -2.48. The number of ether oxygens (including phenoxy) is 1. The molecule has 1 saturated carbocycles. The van der Waals surface area contributed by atoms with Crippen LogP contribution in [0.4, 0.5) is 4.79 Å². The topological polar surface area (TPSA) is 61.8 Å². The van der Waals surface area contributed by atoms with Crippen LogP contribution in [-0.4, -0.2) is 53.0 Å². The minimum Gasteiger partial charge on any atom is -0.446 e. The first-order valence-electron chi connectivity index (χ1n) is 11.3. The summed E-state index contributed by atoms with van der Waals surface area (Å²) in [6.45, 7) is 8.47. The maximum Gasteiger partial charge on any atom is 0.407 e. The second-order valence-electron chi connectivity index (χ2n) is 10.1. The van der Waals surface area contributed by atoms with Gasteiger partial charge < -0.3 is 20.1 Å². The number of amides is 1. The molecular formula is C24H37BrN2O3. The summed E-state index contributed by atoms with van der Waals surface area (Å²) in [7, 11) is 0. The van der Waals surface area contributed by atoms with Gasteiger partial charge >= 0.3 is 6.09 Å². The molecule has 168 valence electrons. The van der Waals surface area contributed by atoms with Crippen LogP contribution in [0, 0.1) is 0 Å². The van der Waals surface area contributed by atoms with E-state index in [9.17, 15) is 9.90 Å². The van der Waals surface area contributed by atoms with Gasteiger partial charge in [0, 0.05) is 35.6 Å². The molecule has 1 saturated heterocycles. The lowest BCUT2D eigenvalue weighted by molar-refractivity contribution is -0.0359. The van der Waals surface area contributed by atoms with Crippen molar-refractivity contribution in [3.05, 3.63) is 34.3 Å². The van der Waals surface area contributed by atoms with Gasteiger partial charge in [0.25, 0.3) is 0 Å².